The number of hydrogen-bond donors (Lipinski definition) is 0. The number of aromatic nitrogens is 1. The maximum absolute atomic E-state index is 13.7. The summed E-state index contributed by atoms with van der Waals surface area (Å²) in [7, 11) is 0. The van der Waals surface area contributed by atoms with E-state index in [-0.39, 0.29) is 0 Å². The van der Waals surface area contributed by atoms with E-state index in [1.807, 2.05) is 24.3 Å². The van der Waals surface area contributed by atoms with Gasteiger partial charge in [-0.25, -0.2) is 0 Å². The zero-order valence-corrected chi connectivity index (χ0v) is 12.9. The minimum Gasteiger partial charge on any atom is -0.190 e. The SMILES string of the molecule is CCCc1ccc(-c2ccc(-c3ccc(F)nc3F)cc2)cc1. The van der Waals surface area contributed by atoms with Crippen LogP contribution in [0.1, 0.15) is 18.9 Å². The summed E-state index contributed by atoms with van der Waals surface area (Å²) < 4.78 is 26.6. The first-order valence-electron chi connectivity index (χ1n) is 7.69. The predicted molar refractivity (Wildman–Crippen MR) is 89.0 cm³/mol. The molecule has 116 valence electrons. The zero-order chi connectivity index (χ0) is 16.2. The van der Waals surface area contributed by atoms with E-state index < -0.39 is 11.9 Å². The monoisotopic (exact) mass is 309 g/mol. The summed E-state index contributed by atoms with van der Waals surface area (Å²) in [5, 5.41) is 0. The van der Waals surface area contributed by atoms with Gasteiger partial charge in [0.2, 0.25) is 11.9 Å². The van der Waals surface area contributed by atoms with Crippen LogP contribution < -0.4 is 0 Å². The van der Waals surface area contributed by atoms with Crippen LogP contribution in [0.25, 0.3) is 22.3 Å². The number of benzene rings is 2. The lowest BCUT2D eigenvalue weighted by Gasteiger charge is -2.07. The molecule has 3 aromatic rings. The van der Waals surface area contributed by atoms with E-state index in [9.17, 15) is 8.78 Å². The summed E-state index contributed by atoms with van der Waals surface area (Å²) in [5.41, 5.74) is 4.49. The van der Waals surface area contributed by atoms with Crippen LogP contribution in [0.3, 0.4) is 0 Å². The molecule has 1 aromatic heterocycles. The van der Waals surface area contributed by atoms with Crippen LogP contribution in [0.5, 0.6) is 0 Å². The number of halogens is 2. The van der Waals surface area contributed by atoms with Gasteiger partial charge in [0, 0.05) is 5.56 Å². The van der Waals surface area contributed by atoms with Crippen molar-refractivity contribution in [2.24, 2.45) is 0 Å². The summed E-state index contributed by atoms with van der Waals surface area (Å²) in [6.07, 6.45) is 2.21. The molecule has 0 aliphatic heterocycles. The summed E-state index contributed by atoms with van der Waals surface area (Å²) in [6, 6.07) is 18.6. The zero-order valence-electron chi connectivity index (χ0n) is 12.9. The molecule has 0 atom stereocenters. The van der Waals surface area contributed by atoms with E-state index in [1.165, 1.54) is 17.7 Å². The molecule has 23 heavy (non-hydrogen) atoms. The van der Waals surface area contributed by atoms with Gasteiger partial charge >= 0.3 is 0 Å². The average molecular weight is 309 g/mol. The van der Waals surface area contributed by atoms with E-state index in [4.69, 9.17) is 0 Å². The summed E-state index contributed by atoms with van der Waals surface area (Å²) in [5.74, 6) is -1.60. The highest BCUT2D eigenvalue weighted by molar-refractivity contribution is 5.70. The quantitative estimate of drug-likeness (QED) is 0.568. The Morgan fingerprint density at radius 1 is 0.739 bits per heavy atom. The Bertz CT molecular complexity index is 793. The first-order valence-corrected chi connectivity index (χ1v) is 7.69. The highest BCUT2D eigenvalue weighted by Gasteiger charge is 2.08. The molecule has 1 nitrogen and oxygen atoms in total. The Balaban J connectivity index is 1.86. The maximum atomic E-state index is 13.7. The van der Waals surface area contributed by atoms with Gasteiger partial charge < -0.3 is 0 Å². The Hall–Kier alpha value is -2.55. The molecular formula is C20H17F2N. The summed E-state index contributed by atoms with van der Waals surface area (Å²) in [4.78, 5) is 3.22. The third kappa shape index (κ3) is 3.45. The molecule has 0 fully saturated rings. The first kappa shape index (κ1) is 15.3. The van der Waals surface area contributed by atoms with Crippen molar-refractivity contribution >= 4 is 0 Å². The molecule has 0 radical (unpaired) electrons. The third-order valence-corrected chi connectivity index (χ3v) is 3.84. The Morgan fingerprint density at radius 2 is 1.30 bits per heavy atom. The van der Waals surface area contributed by atoms with Crippen molar-refractivity contribution in [3.8, 4) is 22.3 Å². The van der Waals surface area contributed by atoms with Gasteiger partial charge in [-0.1, -0.05) is 61.9 Å². The number of aryl methyl sites for hydroxylation is 1. The largest absolute Gasteiger partial charge is 0.223 e. The van der Waals surface area contributed by atoms with Gasteiger partial charge in [-0.05, 0) is 40.8 Å². The molecule has 0 saturated carbocycles. The lowest BCUT2D eigenvalue weighted by Crippen LogP contribution is -1.92. The Morgan fingerprint density at radius 3 is 1.87 bits per heavy atom. The minimum atomic E-state index is -0.810. The maximum Gasteiger partial charge on any atom is 0.223 e. The highest BCUT2D eigenvalue weighted by atomic mass is 19.1. The van der Waals surface area contributed by atoms with Crippen LogP contribution >= 0.6 is 0 Å². The number of rotatable bonds is 4. The molecule has 0 bridgehead atoms. The molecule has 3 heteroatoms. The van der Waals surface area contributed by atoms with Crippen molar-refractivity contribution in [1.82, 2.24) is 4.98 Å². The van der Waals surface area contributed by atoms with Crippen LogP contribution in [0.4, 0.5) is 8.78 Å². The van der Waals surface area contributed by atoms with E-state index >= 15 is 0 Å². The second-order valence-electron chi connectivity index (χ2n) is 5.50. The van der Waals surface area contributed by atoms with Gasteiger partial charge in [-0.2, -0.15) is 13.8 Å². The highest BCUT2D eigenvalue weighted by Crippen LogP contribution is 2.26. The molecule has 0 aliphatic carbocycles. The Kier molecular flexibility index (Phi) is 4.47. The van der Waals surface area contributed by atoms with E-state index in [1.54, 1.807) is 0 Å². The van der Waals surface area contributed by atoms with Crippen molar-refractivity contribution in [2.75, 3.05) is 0 Å². The fourth-order valence-electron chi connectivity index (χ4n) is 2.62. The molecular weight excluding hydrogens is 292 g/mol. The lowest BCUT2D eigenvalue weighted by atomic mass is 9.99. The normalized spacial score (nSPS) is 10.7. The second kappa shape index (κ2) is 6.69. The Labute approximate surface area is 134 Å². The fraction of sp³-hybridized carbons (Fsp3) is 0.150. The molecule has 1 heterocycles. The topological polar surface area (TPSA) is 12.9 Å². The van der Waals surface area contributed by atoms with E-state index in [2.05, 4.69) is 36.2 Å². The minimum absolute atomic E-state index is 0.302. The molecule has 3 rings (SSSR count). The van der Waals surface area contributed by atoms with Crippen LogP contribution in [0.2, 0.25) is 0 Å². The average Bonchev–Trinajstić information content (AvgIpc) is 2.56. The standard InChI is InChI=1S/C20H17F2N/c1-2-3-14-4-6-15(7-5-14)16-8-10-17(11-9-16)18-12-13-19(21)23-20(18)22/h4-13H,2-3H2,1H3. The molecule has 0 saturated heterocycles. The van der Waals surface area contributed by atoms with Crippen LogP contribution in [-0.2, 0) is 6.42 Å². The molecule has 0 amide bonds. The van der Waals surface area contributed by atoms with Crippen molar-refractivity contribution in [1.29, 1.82) is 0 Å². The molecule has 0 spiro atoms. The van der Waals surface area contributed by atoms with E-state index in [0.29, 0.717) is 11.1 Å². The van der Waals surface area contributed by atoms with Gasteiger partial charge in [-0.15, -0.1) is 0 Å². The molecule has 2 aromatic carbocycles. The smallest absolute Gasteiger partial charge is 0.190 e. The number of nitrogens with zero attached hydrogens (tertiary/aromatic N) is 1. The van der Waals surface area contributed by atoms with Crippen molar-refractivity contribution in [3.05, 3.63) is 78.1 Å². The van der Waals surface area contributed by atoms with Gasteiger partial charge in [-0.3, -0.25) is 0 Å². The van der Waals surface area contributed by atoms with Gasteiger partial charge in [0.05, 0.1) is 0 Å². The van der Waals surface area contributed by atoms with Crippen molar-refractivity contribution < 1.29 is 8.78 Å². The van der Waals surface area contributed by atoms with Crippen molar-refractivity contribution in [2.45, 2.75) is 19.8 Å². The third-order valence-electron chi connectivity index (χ3n) is 3.84. The lowest BCUT2D eigenvalue weighted by molar-refractivity contribution is 0.515. The second-order valence-corrected chi connectivity index (χ2v) is 5.50. The first-order chi connectivity index (χ1) is 11.2. The molecule has 0 aliphatic rings. The van der Waals surface area contributed by atoms with Gasteiger partial charge in [0.15, 0.2) is 0 Å². The summed E-state index contributed by atoms with van der Waals surface area (Å²) in [6.45, 7) is 2.16. The molecule has 0 unspecified atom stereocenters. The van der Waals surface area contributed by atoms with Gasteiger partial charge in [0.1, 0.15) is 0 Å². The molecule has 0 N–H and O–H groups in total. The summed E-state index contributed by atoms with van der Waals surface area (Å²) >= 11 is 0. The fourth-order valence-corrected chi connectivity index (χ4v) is 2.62. The number of hydrogen-bond acceptors (Lipinski definition) is 1. The van der Waals surface area contributed by atoms with E-state index in [0.717, 1.165) is 24.0 Å². The van der Waals surface area contributed by atoms with Crippen molar-refractivity contribution in [3.63, 3.8) is 0 Å². The predicted octanol–water partition coefficient (Wildman–Crippen LogP) is 5.65. The van der Waals surface area contributed by atoms with Gasteiger partial charge in [0.25, 0.3) is 0 Å². The van der Waals surface area contributed by atoms with Crippen LogP contribution in [0.15, 0.2) is 60.7 Å². The van der Waals surface area contributed by atoms with Crippen LogP contribution in [0, 0.1) is 11.9 Å². The van der Waals surface area contributed by atoms with Crippen LogP contribution in [-0.4, -0.2) is 4.98 Å². The number of pyridine rings is 1.